The third-order valence-corrected chi connectivity index (χ3v) is 7.15. The van der Waals surface area contributed by atoms with Crippen molar-refractivity contribution in [3.05, 3.63) is 58.7 Å². The van der Waals surface area contributed by atoms with Crippen LogP contribution < -0.4 is 9.03 Å². The van der Waals surface area contributed by atoms with E-state index in [9.17, 15) is 18.3 Å². The van der Waals surface area contributed by atoms with Gasteiger partial charge >= 0.3 is 16.3 Å². The number of benzene rings is 2. The first kappa shape index (κ1) is 27.7. The summed E-state index contributed by atoms with van der Waals surface area (Å²) < 4.78 is 31.0. The minimum absolute atomic E-state index is 0.0432. The molecule has 7 heteroatoms. The molecule has 0 bridgehead atoms. The van der Waals surface area contributed by atoms with Crippen LogP contribution >= 0.6 is 0 Å². The van der Waals surface area contributed by atoms with Gasteiger partial charge in [0.15, 0.2) is 0 Å². The fourth-order valence-corrected chi connectivity index (χ4v) is 5.36. The van der Waals surface area contributed by atoms with Crippen LogP contribution in [0.15, 0.2) is 36.4 Å². The highest BCUT2D eigenvalue weighted by Crippen LogP contribution is 2.42. The van der Waals surface area contributed by atoms with Crippen molar-refractivity contribution in [3.8, 4) is 0 Å². The molecule has 6 nitrogen and oxygen atoms in total. The van der Waals surface area contributed by atoms with Crippen LogP contribution in [0.1, 0.15) is 103 Å². The Labute approximate surface area is 205 Å². The zero-order valence-corrected chi connectivity index (χ0v) is 23.0. The summed E-state index contributed by atoms with van der Waals surface area (Å²) in [6, 6.07) is 11.1. The Bertz CT molecular complexity index is 1100. The lowest BCUT2D eigenvalue weighted by Crippen LogP contribution is -2.43. The van der Waals surface area contributed by atoms with E-state index in [1.54, 1.807) is 12.1 Å². The number of rotatable bonds is 6. The smallest absolute Gasteiger partial charge is 0.427 e. The van der Waals surface area contributed by atoms with E-state index in [2.05, 4.69) is 4.72 Å². The second kappa shape index (κ2) is 9.61. The second-order valence-electron chi connectivity index (χ2n) is 11.5. The molecule has 2 aromatic rings. The third-order valence-electron chi connectivity index (χ3n) is 5.87. The van der Waals surface area contributed by atoms with Gasteiger partial charge in [0, 0.05) is 0 Å². The van der Waals surface area contributed by atoms with Crippen LogP contribution in [0.3, 0.4) is 0 Å². The normalized spacial score (nSPS) is 12.8. The topological polar surface area (TPSA) is 86.7 Å². The zero-order chi connectivity index (χ0) is 26.2. The van der Waals surface area contributed by atoms with E-state index in [0.29, 0.717) is 21.1 Å². The molecule has 1 amide bonds. The molecule has 188 valence electrons. The second-order valence-corrected chi connectivity index (χ2v) is 13.0. The van der Waals surface area contributed by atoms with Gasteiger partial charge in [-0.05, 0) is 44.9 Å². The van der Waals surface area contributed by atoms with Crippen molar-refractivity contribution in [2.45, 2.75) is 91.9 Å². The van der Waals surface area contributed by atoms with Gasteiger partial charge in [-0.25, -0.2) is 4.79 Å². The van der Waals surface area contributed by atoms with E-state index in [4.69, 9.17) is 0 Å². The van der Waals surface area contributed by atoms with Gasteiger partial charge in [-0.2, -0.15) is 12.7 Å². The van der Waals surface area contributed by atoms with E-state index in [-0.39, 0.29) is 17.5 Å². The van der Waals surface area contributed by atoms with Gasteiger partial charge < -0.3 is 5.11 Å². The summed E-state index contributed by atoms with van der Waals surface area (Å²) in [6.45, 7) is 19.6. The minimum Gasteiger partial charge on any atom is -0.464 e. The summed E-state index contributed by atoms with van der Waals surface area (Å²) in [5.74, 6) is 0.0864. The third kappa shape index (κ3) is 5.74. The van der Waals surface area contributed by atoms with Gasteiger partial charge in [0.05, 0.1) is 11.4 Å². The summed E-state index contributed by atoms with van der Waals surface area (Å²) in [5.41, 5.74) is 2.60. The number of nitrogens with zero attached hydrogens (tertiary/aromatic N) is 1. The number of carbonyl (C=O) groups is 1. The molecule has 0 spiro atoms. The van der Waals surface area contributed by atoms with Crippen LogP contribution in [0.4, 0.5) is 16.2 Å². The molecule has 0 fully saturated rings. The average molecular weight is 489 g/mol. The highest BCUT2D eigenvalue weighted by molar-refractivity contribution is 7.94. The molecule has 0 saturated heterocycles. The van der Waals surface area contributed by atoms with Crippen molar-refractivity contribution in [2.75, 3.05) is 9.03 Å². The van der Waals surface area contributed by atoms with E-state index in [1.807, 2.05) is 93.5 Å². The van der Waals surface area contributed by atoms with Crippen molar-refractivity contribution in [3.63, 3.8) is 0 Å². The van der Waals surface area contributed by atoms with Crippen LogP contribution in [0, 0.1) is 0 Å². The van der Waals surface area contributed by atoms with E-state index in [1.165, 1.54) is 0 Å². The number of amides is 1. The fourth-order valence-electron chi connectivity index (χ4n) is 4.13. The molecule has 0 radical (unpaired) electrons. The number of para-hydroxylation sites is 2. The predicted octanol–water partition coefficient (Wildman–Crippen LogP) is 7.37. The van der Waals surface area contributed by atoms with Crippen LogP contribution in [0.2, 0.25) is 0 Å². The molecule has 0 saturated carbocycles. The van der Waals surface area contributed by atoms with Crippen LogP contribution in [0.5, 0.6) is 0 Å². The Morgan fingerprint density at radius 1 is 0.824 bits per heavy atom. The van der Waals surface area contributed by atoms with E-state index in [0.717, 1.165) is 11.1 Å². The maximum absolute atomic E-state index is 13.9. The Morgan fingerprint density at radius 3 is 1.53 bits per heavy atom. The lowest BCUT2D eigenvalue weighted by atomic mass is 9.79. The van der Waals surface area contributed by atoms with Crippen LogP contribution in [-0.4, -0.2) is 19.6 Å². The summed E-state index contributed by atoms with van der Waals surface area (Å²) in [5, 5.41) is 10.3. The first-order valence-electron chi connectivity index (χ1n) is 11.7. The highest BCUT2D eigenvalue weighted by Gasteiger charge is 2.38. The van der Waals surface area contributed by atoms with Crippen molar-refractivity contribution in [1.82, 2.24) is 0 Å². The lowest BCUT2D eigenvalue weighted by molar-refractivity contribution is 0.206. The fraction of sp³-hybridized carbons (Fsp3) is 0.519. The van der Waals surface area contributed by atoms with Gasteiger partial charge in [-0.15, -0.1) is 0 Å². The molecule has 0 aliphatic heterocycles. The summed E-state index contributed by atoms with van der Waals surface area (Å²) in [7, 11) is -4.52. The maximum Gasteiger partial charge on any atom is 0.427 e. The van der Waals surface area contributed by atoms with Crippen molar-refractivity contribution < 1.29 is 18.3 Å². The predicted molar refractivity (Wildman–Crippen MR) is 142 cm³/mol. The average Bonchev–Trinajstić information content (AvgIpc) is 2.65. The van der Waals surface area contributed by atoms with Gasteiger partial charge in [-0.3, -0.25) is 4.72 Å². The van der Waals surface area contributed by atoms with Gasteiger partial charge in [-0.1, -0.05) is 106 Å². The number of nitrogens with one attached hydrogen (secondary N) is 1. The molecule has 0 aliphatic rings. The van der Waals surface area contributed by atoms with E-state index < -0.39 is 27.1 Å². The van der Waals surface area contributed by atoms with Crippen LogP contribution in [0.25, 0.3) is 0 Å². The molecule has 0 atom stereocenters. The first-order chi connectivity index (χ1) is 15.4. The number of hydrogen-bond acceptors (Lipinski definition) is 3. The molecule has 0 unspecified atom stereocenters. The van der Waals surface area contributed by atoms with Crippen molar-refractivity contribution in [1.29, 1.82) is 0 Å². The lowest BCUT2D eigenvalue weighted by Gasteiger charge is -2.34. The largest absolute Gasteiger partial charge is 0.464 e. The summed E-state index contributed by atoms with van der Waals surface area (Å²) >= 11 is 0. The number of carboxylic acid groups (broad SMARTS) is 1. The zero-order valence-electron chi connectivity index (χ0n) is 22.1. The molecule has 2 rings (SSSR count). The molecule has 2 N–H and O–H groups in total. The minimum atomic E-state index is -4.52. The Kier molecular flexibility index (Phi) is 7.83. The van der Waals surface area contributed by atoms with Gasteiger partial charge in [0.1, 0.15) is 0 Å². The summed E-state index contributed by atoms with van der Waals surface area (Å²) in [6.07, 6.45) is -1.55. The molecule has 2 aromatic carbocycles. The standard InChI is InChI=1S/C27H40N2O4S/c1-17(2)19-13-11-14-20(18(3)4)23(19)28-34(32,33)29(25(30)31)24-21(26(5,6)7)15-12-16-22(24)27(8,9)10/h11-18,28H,1-10H3,(H,30,31). The number of anilines is 2. The number of hydrogen-bond donors (Lipinski definition) is 2. The monoisotopic (exact) mass is 488 g/mol. The molecule has 0 aromatic heterocycles. The molecule has 0 aliphatic carbocycles. The first-order valence-corrected chi connectivity index (χ1v) is 13.2. The Balaban J connectivity index is 2.87. The SMILES string of the molecule is CC(C)c1cccc(C(C)C)c1NS(=O)(=O)N(C(=O)O)c1c(C(C)(C)C)cccc1C(C)(C)C. The van der Waals surface area contributed by atoms with E-state index >= 15 is 0 Å². The molecule has 34 heavy (non-hydrogen) atoms. The maximum atomic E-state index is 13.9. The molecule has 0 heterocycles. The Morgan fingerprint density at radius 2 is 1.21 bits per heavy atom. The van der Waals surface area contributed by atoms with Gasteiger partial charge in [0.25, 0.3) is 0 Å². The quantitative estimate of drug-likeness (QED) is 0.444. The van der Waals surface area contributed by atoms with Crippen molar-refractivity contribution in [2.24, 2.45) is 0 Å². The molecular formula is C27H40N2O4S. The van der Waals surface area contributed by atoms with Crippen molar-refractivity contribution >= 4 is 27.7 Å². The highest BCUT2D eigenvalue weighted by atomic mass is 32.2. The molecular weight excluding hydrogens is 448 g/mol. The van der Waals surface area contributed by atoms with Crippen LogP contribution in [-0.2, 0) is 21.0 Å². The Hall–Kier alpha value is -2.54. The van der Waals surface area contributed by atoms with Gasteiger partial charge in [0.2, 0.25) is 0 Å². The summed E-state index contributed by atoms with van der Waals surface area (Å²) in [4.78, 5) is 12.6.